The highest BCUT2D eigenvalue weighted by Crippen LogP contribution is 2.15. The van der Waals surface area contributed by atoms with Crippen molar-refractivity contribution in [2.75, 3.05) is 19.6 Å². The number of hydrogen-bond donors (Lipinski definition) is 2. The summed E-state index contributed by atoms with van der Waals surface area (Å²) in [5.41, 5.74) is 0. The van der Waals surface area contributed by atoms with Crippen LogP contribution in [-0.4, -0.2) is 48.6 Å². The predicted molar refractivity (Wildman–Crippen MR) is 88.3 cm³/mol. The van der Waals surface area contributed by atoms with Gasteiger partial charge in [-0.1, -0.05) is 13.0 Å². The van der Waals surface area contributed by atoms with E-state index in [9.17, 15) is 14.0 Å². The first-order chi connectivity index (χ1) is 11.5. The van der Waals surface area contributed by atoms with E-state index in [1.165, 1.54) is 17.0 Å². The Morgan fingerprint density at radius 2 is 2.33 bits per heavy atom. The number of benzene rings is 1. The Kier molecular flexibility index (Phi) is 6.40. The normalized spacial score (nSPS) is 19.2. The van der Waals surface area contributed by atoms with Crippen LogP contribution in [0.5, 0.6) is 5.75 Å². The van der Waals surface area contributed by atoms with Gasteiger partial charge in [-0.3, -0.25) is 4.79 Å². The van der Waals surface area contributed by atoms with Crippen molar-refractivity contribution in [3.05, 3.63) is 30.1 Å². The highest BCUT2D eigenvalue weighted by atomic mass is 19.1. The van der Waals surface area contributed by atoms with Gasteiger partial charge in [-0.2, -0.15) is 0 Å². The molecule has 1 aliphatic rings. The molecule has 1 heterocycles. The Morgan fingerprint density at radius 1 is 1.54 bits per heavy atom. The number of carbonyl (C=O) groups is 2. The summed E-state index contributed by atoms with van der Waals surface area (Å²) in [5, 5.41) is 5.58. The van der Waals surface area contributed by atoms with Crippen LogP contribution < -0.4 is 15.4 Å². The molecule has 0 unspecified atom stereocenters. The van der Waals surface area contributed by atoms with Gasteiger partial charge in [-0.05, 0) is 31.9 Å². The van der Waals surface area contributed by atoms with Gasteiger partial charge >= 0.3 is 6.03 Å². The second kappa shape index (κ2) is 8.52. The van der Waals surface area contributed by atoms with Crippen molar-refractivity contribution in [3.63, 3.8) is 0 Å². The maximum Gasteiger partial charge on any atom is 0.318 e. The third kappa shape index (κ3) is 4.84. The molecule has 7 heteroatoms. The second-order valence-electron chi connectivity index (χ2n) is 5.81. The van der Waals surface area contributed by atoms with E-state index in [4.69, 9.17) is 4.74 Å². The maximum absolute atomic E-state index is 13.2. The van der Waals surface area contributed by atoms with Crippen molar-refractivity contribution >= 4 is 11.9 Å². The highest BCUT2D eigenvalue weighted by Gasteiger charge is 2.27. The van der Waals surface area contributed by atoms with Gasteiger partial charge in [0.05, 0.1) is 6.54 Å². The van der Waals surface area contributed by atoms with Crippen LogP contribution >= 0.6 is 0 Å². The van der Waals surface area contributed by atoms with E-state index in [2.05, 4.69) is 10.6 Å². The first-order valence-electron chi connectivity index (χ1n) is 8.25. The summed E-state index contributed by atoms with van der Waals surface area (Å²) >= 11 is 0. The van der Waals surface area contributed by atoms with Gasteiger partial charge in [0.2, 0.25) is 5.91 Å². The van der Waals surface area contributed by atoms with E-state index < -0.39 is 6.04 Å². The molecule has 2 N–H and O–H groups in total. The molecule has 1 aromatic rings. The van der Waals surface area contributed by atoms with E-state index in [0.717, 1.165) is 6.42 Å². The lowest BCUT2D eigenvalue weighted by molar-refractivity contribution is -0.124. The van der Waals surface area contributed by atoms with Gasteiger partial charge < -0.3 is 20.3 Å². The van der Waals surface area contributed by atoms with Crippen molar-refractivity contribution in [1.82, 2.24) is 15.5 Å². The van der Waals surface area contributed by atoms with E-state index >= 15 is 0 Å². The van der Waals surface area contributed by atoms with Crippen molar-refractivity contribution in [2.45, 2.75) is 38.8 Å². The number of rotatable bonds is 5. The number of halogens is 1. The fourth-order valence-corrected chi connectivity index (χ4v) is 2.53. The van der Waals surface area contributed by atoms with Gasteiger partial charge in [0.25, 0.3) is 0 Å². The third-order valence-corrected chi connectivity index (χ3v) is 4.02. The average molecular weight is 337 g/mol. The molecule has 6 nitrogen and oxygen atoms in total. The Morgan fingerprint density at radius 3 is 3.04 bits per heavy atom. The summed E-state index contributed by atoms with van der Waals surface area (Å²) in [6.07, 6.45) is 1.11. The van der Waals surface area contributed by atoms with Crippen molar-refractivity contribution in [1.29, 1.82) is 0 Å². The smallest absolute Gasteiger partial charge is 0.318 e. The lowest BCUT2D eigenvalue weighted by atomic mass is 10.2. The second-order valence-corrected chi connectivity index (χ2v) is 5.81. The van der Waals surface area contributed by atoms with Crippen LogP contribution in [-0.2, 0) is 4.79 Å². The van der Waals surface area contributed by atoms with Gasteiger partial charge in [-0.25, -0.2) is 9.18 Å². The minimum Gasteiger partial charge on any atom is -0.489 e. The van der Waals surface area contributed by atoms with Gasteiger partial charge in [-0.15, -0.1) is 0 Å². The molecule has 3 amide bonds. The summed E-state index contributed by atoms with van der Waals surface area (Å²) in [6, 6.07) is 5.12. The van der Waals surface area contributed by atoms with E-state index in [1.807, 2.05) is 6.92 Å². The summed E-state index contributed by atoms with van der Waals surface area (Å²) in [7, 11) is 0. The van der Waals surface area contributed by atoms with Crippen LogP contribution in [0, 0.1) is 5.82 Å². The van der Waals surface area contributed by atoms with Crippen LogP contribution in [0.15, 0.2) is 24.3 Å². The van der Waals surface area contributed by atoms with Gasteiger partial charge in [0, 0.05) is 19.2 Å². The van der Waals surface area contributed by atoms with Crippen LogP contribution in [0.2, 0.25) is 0 Å². The largest absolute Gasteiger partial charge is 0.489 e. The van der Waals surface area contributed by atoms with Crippen molar-refractivity contribution in [3.8, 4) is 5.75 Å². The SMILES string of the molecule is CC[C@@H](CNC(=O)N1CCCNC(=O)[C@H]1C)Oc1cccc(F)c1. The molecule has 1 aromatic carbocycles. The van der Waals surface area contributed by atoms with Gasteiger partial charge in [0.1, 0.15) is 23.7 Å². The quantitative estimate of drug-likeness (QED) is 0.862. The molecule has 0 aromatic heterocycles. The molecule has 0 bridgehead atoms. The molecule has 1 saturated heterocycles. The molecular formula is C17H24FN3O3. The number of nitrogens with one attached hydrogen (secondary N) is 2. The third-order valence-electron chi connectivity index (χ3n) is 4.02. The molecule has 0 radical (unpaired) electrons. The maximum atomic E-state index is 13.2. The molecule has 0 spiro atoms. The highest BCUT2D eigenvalue weighted by molar-refractivity contribution is 5.87. The lowest BCUT2D eigenvalue weighted by Crippen LogP contribution is -2.50. The van der Waals surface area contributed by atoms with E-state index in [-0.39, 0.29) is 30.4 Å². The Hall–Kier alpha value is -2.31. The predicted octanol–water partition coefficient (Wildman–Crippen LogP) is 1.90. The van der Waals surface area contributed by atoms with E-state index in [1.54, 1.807) is 19.1 Å². The molecule has 132 valence electrons. The lowest BCUT2D eigenvalue weighted by Gasteiger charge is -2.27. The topological polar surface area (TPSA) is 70.7 Å². The van der Waals surface area contributed by atoms with Gasteiger partial charge in [0.15, 0.2) is 0 Å². The Balaban J connectivity index is 1.89. The fraction of sp³-hybridized carbons (Fsp3) is 0.529. The molecule has 0 saturated carbocycles. The van der Waals surface area contributed by atoms with E-state index in [0.29, 0.717) is 25.3 Å². The Labute approximate surface area is 141 Å². The minimum absolute atomic E-state index is 0.147. The number of urea groups is 1. The number of amides is 3. The van der Waals surface area contributed by atoms with Crippen LogP contribution in [0.25, 0.3) is 0 Å². The zero-order chi connectivity index (χ0) is 17.5. The molecular weight excluding hydrogens is 313 g/mol. The molecule has 24 heavy (non-hydrogen) atoms. The monoisotopic (exact) mass is 337 g/mol. The standard InChI is InChI=1S/C17H24FN3O3/c1-3-14(24-15-7-4-6-13(18)10-15)11-20-17(23)21-9-5-8-19-16(22)12(21)2/h4,6-7,10,12,14H,3,5,8-9,11H2,1-2H3,(H,19,22)(H,20,23)/t12-,14+/m1/s1. The number of nitrogens with zero attached hydrogens (tertiary/aromatic N) is 1. The van der Waals surface area contributed by atoms with Crippen molar-refractivity contribution in [2.24, 2.45) is 0 Å². The molecule has 1 fully saturated rings. The van der Waals surface area contributed by atoms with Crippen LogP contribution in [0.1, 0.15) is 26.7 Å². The number of hydrogen-bond acceptors (Lipinski definition) is 3. The fourth-order valence-electron chi connectivity index (χ4n) is 2.53. The van der Waals surface area contributed by atoms with Crippen LogP contribution in [0.3, 0.4) is 0 Å². The summed E-state index contributed by atoms with van der Waals surface area (Å²) < 4.78 is 18.9. The zero-order valence-electron chi connectivity index (χ0n) is 14.0. The van der Waals surface area contributed by atoms with Crippen LogP contribution in [0.4, 0.5) is 9.18 Å². The molecule has 0 aliphatic carbocycles. The summed E-state index contributed by atoms with van der Waals surface area (Å²) in [4.78, 5) is 25.7. The first-order valence-corrected chi connectivity index (χ1v) is 8.25. The zero-order valence-corrected chi connectivity index (χ0v) is 14.0. The first kappa shape index (κ1) is 18.0. The van der Waals surface area contributed by atoms with Crippen molar-refractivity contribution < 1.29 is 18.7 Å². The molecule has 2 rings (SSSR count). The minimum atomic E-state index is -0.503. The summed E-state index contributed by atoms with van der Waals surface area (Å²) in [6.45, 7) is 5.02. The number of carbonyl (C=O) groups excluding carboxylic acids is 2. The molecule has 2 atom stereocenters. The number of ether oxygens (including phenoxy) is 1. The Bertz CT molecular complexity index is 582. The summed E-state index contributed by atoms with van der Waals surface area (Å²) in [5.74, 6) is -0.0832. The molecule has 1 aliphatic heterocycles. The average Bonchev–Trinajstić information content (AvgIpc) is 2.73.